The van der Waals surface area contributed by atoms with E-state index in [0.717, 1.165) is 25.0 Å². The van der Waals surface area contributed by atoms with E-state index in [4.69, 9.17) is 5.21 Å². The number of hydrogen-bond donors (Lipinski definition) is 2. The molecule has 0 aromatic heterocycles. The lowest BCUT2D eigenvalue weighted by Crippen LogP contribution is -2.35. The molecule has 0 spiro atoms. The van der Waals surface area contributed by atoms with Crippen molar-refractivity contribution in [2.45, 2.75) is 25.3 Å². The Morgan fingerprint density at radius 1 is 1.37 bits per heavy atom. The summed E-state index contributed by atoms with van der Waals surface area (Å²) in [5.74, 6) is 0.742. The van der Waals surface area contributed by atoms with Gasteiger partial charge in [0.2, 0.25) is 0 Å². The molecule has 2 aliphatic rings. The number of nitro benzene ring substituents is 1. The molecule has 2 bridgehead atoms. The first-order chi connectivity index (χ1) is 9.20. The summed E-state index contributed by atoms with van der Waals surface area (Å²) in [6, 6.07) is 6.50. The third kappa shape index (κ3) is 1.93. The fourth-order valence-electron chi connectivity index (χ4n) is 3.34. The van der Waals surface area contributed by atoms with Crippen LogP contribution in [0.4, 0.5) is 11.4 Å². The van der Waals surface area contributed by atoms with Gasteiger partial charge >= 0.3 is 0 Å². The molecule has 0 heterocycles. The largest absolute Gasteiger partial charge is 0.411 e. The Hall–Kier alpha value is -2.11. The third-order valence-electron chi connectivity index (χ3n) is 4.21. The quantitative estimate of drug-likeness (QED) is 0.497. The zero-order valence-electron chi connectivity index (χ0n) is 10.3. The van der Waals surface area contributed by atoms with Crippen molar-refractivity contribution < 1.29 is 10.1 Å². The van der Waals surface area contributed by atoms with E-state index in [9.17, 15) is 10.1 Å². The van der Waals surface area contributed by atoms with E-state index >= 15 is 0 Å². The van der Waals surface area contributed by atoms with E-state index in [0.29, 0.717) is 17.5 Å². The number of nitro groups is 1. The molecule has 2 fully saturated rings. The van der Waals surface area contributed by atoms with Crippen LogP contribution in [0.25, 0.3) is 0 Å². The molecule has 2 N–H and O–H groups in total. The highest BCUT2D eigenvalue weighted by Crippen LogP contribution is 2.44. The molecule has 0 aliphatic heterocycles. The summed E-state index contributed by atoms with van der Waals surface area (Å²) in [6.45, 7) is 0. The van der Waals surface area contributed by atoms with Crippen molar-refractivity contribution in [1.82, 2.24) is 0 Å². The first-order valence-electron chi connectivity index (χ1n) is 6.42. The zero-order valence-corrected chi connectivity index (χ0v) is 10.3. The van der Waals surface area contributed by atoms with E-state index < -0.39 is 4.92 Å². The van der Waals surface area contributed by atoms with Gasteiger partial charge < -0.3 is 10.5 Å². The SMILES string of the molecule is O=[N+]([O-])c1ccccc1N[C@H]1/C(=N/O)[C@H]2CC[C@H]1C2. The number of para-hydroxylation sites is 2. The minimum atomic E-state index is -0.398. The maximum absolute atomic E-state index is 11.0. The first-order valence-corrected chi connectivity index (χ1v) is 6.42. The van der Waals surface area contributed by atoms with Crippen molar-refractivity contribution in [2.24, 2.45) is 17.0 Å². The van der Waals surface area contributed by atoms with Crippen molar-refractivity contribution in [3.8, 4) is 0 Å². The maximum Gasteiger partial charge on any atom is 0.292 e. The lowest BCUT2D eigenvalue weighted by atomic mass is 9.93. The second kappa shape index (κ2) is 4.53. The summed E-state index contributed by atoms with van der Waals surface area (Å²) in [5, 5.41) is 26.7. The van der Waals surface area contributed by atoms with Gasteiger partial charge in [0, 0.05) is 12.0 Å². The van der Waals surface area contributed by atoms with Gasteiger partial charge in [-0.3, -0.25) is 10.1 Å². The highest BCUT2D eigenvalue weighted by Gasteiger charge is 2.46. The smallest absolute Gasteiger partial charge is 0.292 e. The van der Waals surface area contributed by atoms with E-state index in [1.54, 1.807) is 18.2 Å². The number of hydrogen-bond acceptors (Lipinski definition) is 5. The first kappa shape index (κ1) is 12.0. The average Bonchev–Trinajstić information content (AvgIpc) is 3.00. The Labute approximate surface area is 110 Å². The number of oxime groups is 1. The normalized spacial score (nSPS) is 30.7. The highest BCUT2D eigenvalue weighted by molar-refractivity contribution is 5.96. The minimum absolute atomic E-state index is 0.0579. The molecule has 0 unspecified atom stereocenters. The van der Waals surface area contributed by atoms with Gasteiger partial charge in [-0.15, -0.1) is 0 Å². The zero-order chi connectivity index (χ0) is 13.4. The molecule has 0 amide bonds. The molecule has 1 aromatic rings. The average molecular weight is 261 g/mol. The van der Waals surface area contributed by atoms with Gasteiger partial charge in [0.15, 0.2) is 0 Å². The second-order valence-electron chi connectivity index (χ2n) is 5.19. The number of nitrogens with zero attached hydrogens (tertiary/aromatic N) is 2. The third-order valence-corrected chi connectivity index (χ3v) is 4.21. The number of rotatable bonds is 3. The van der Waals surface area contributed by atoms with Crippen molar-refractivity contribution in [3.63, 3.8) is 0 Å². The van der Waals surface area contributed by atoms with Crippen LogP contribution in [0.2, 0.25) is 0 Å². The molecular formula is C13H15N3O3. The summed E-state index contributed by atoms with van der Waals surface area (Å²) < 4.78 is 0. The van der Waals surface area contributed by atoms with Crippen LogP contribution in [-0.4, -0.2) is 21.9 Å². The number of benzene rings is 1. The van der Waals surface area contributed by atoms with Gasteiger partial charge in [-0.1, -0.05) is 17.3 Å². The highest BCUT2D eigenvalue weighted by atomic mass is 16.6. The standard InChI is InChI=1S/C13H15N3O3/c17-15-13-9-6-5-8(7-9)12(13)14-10-3-1-2-4-11(10)16(18)19/h1-4,8-9,12,14,17H,5-7H2/b15-13+/t8-,9-,12+/m0/s1. The summed E-state index contributed by atoms with van der Waals surface area (Å²) in [4.78, 5) is 10.6. The molecule has 0 saturated heterocycles. The van der Waals surface area contributed by atoms with Crippen LogP contribution in [0.1, 0.15) is 19.3 Å². The van der Waals surface area contributed by atoms with Gasteiger partial charge in [-0.05, 0) is 31.2 Å². The van der Waals surface area contributed by atoms with Crippen molar-refractivity contribution >= 4 is 17.1 Å². The lowest BCUT2D eigenvalue weighted by molar-refractivity contribution is -0.384. The fourth-order valence-corrected chi connectivity index (χ4v) is 3.34. The summed E-state index contributed by atoms with van der Waals surface area (Å²) in [7, 11) is 0. The Kier molecular flexibility index (Phi) is 2.85. The predicted octanol–water partition coefficient (Wildman–Crippen LogP) is 2.64. The summed E-state index contributed by atoms with van der Waals surface area (Å²) >= 11 is 0. The molecule has 6 heteroatoms. The molecular weight excluding hydrogens is 246 g/mol. The van der Waals surface area contributed by atoms with Crippen molar-refractivity contribution in [2.75, 3.05) is 5.32 Å². The monoisotopic (exact) mass is 261 g/mol. The van der Waals surface area contributed by atoms with Crippen molar-refractivity contribution in [1.29, 1.82) is 0 Å². The predicted molar refractivity (Wildman–Crippen MR) is 70.6 cm³/mol. The molecule has 3 rings (SSSR count). The summed E-state index contributed by atoms with van der Waals surface area (Å²) in [5.41, 5.74) is 1.29. The molecule has 3 atom stereocenters. The van der Waals surface area contributed by atoms with E-state index in [-0.39, 0.29) is 11.7 Å². The van der Waals surface area contributed by atoms with Crippen LogP contribution >= 0.6 is 0 Å². The second-order valence-corrected chi connectivity index (χ2v) is 5.19. The Balaban J connectivity index is 1.88. The number of fused-ring (bicyclic) bond motifs is 2. The van der Waals surface area contributed by atoms with Gasteiger partial charge in [0.1, 0.15) is 5.69 Å². The van der Waals surface area contributed by atoms with Gasteiger partial charge in [-0.2, -0.15) is 0 Å². The van der Waals surface area contributed by atoms with Crippen molar-refractivity contribution in [3.05, 3.63) is 34.4 Å². The van der Waals surface area contributed by atoms with Crippen LogP contribution in [-0.2, 0) is 0 Å². The molecule has 2 aliphatic carbocycles. The van der Waals surface area contributed by atoms with Gasteiger partial charge in [-0.25, -0.2) is 0 Å². The molecule has 19 heavy (non-hydrogen) atoms. The van der Waals surface area contributed by atoms with Crippen LogP contribution in [0.15, 0.2) is 29.4 Å². The van der Waals surface area contributed by atoms with Gasteiger partial charge in [0.25, 0.3) is 5.69 Å². The lowest BCUT2D eigenvalue weighted by Gasteiger charge is -2.24. The Morgan fingerprint density at radius 3 is 2.89 bits per heavy atom. The summed E-state index contributed by atoms with van der Waals surface area (Å²) in [6.07, 6.45) is 3.15. The topological polar surface area (TPSA) is 87.8 Å². The molecule has 100 valence electrons. The molecule has 1 aromatic carbocycles. The molecule has 0 radical (unpaired) electrons. The number of nitrogens with one attached hydrogen (secondary N) is 1. The maximum atomic E-state index is 11.0. The molecule has 2 saturated carbocycles. The minimum Gasteiger partial charge on any atom is -0.411 e. The molecule has 6 nitrogen and oxygen atoms in total. The Bertz CT molecular complexity index is 544. The Morgan fingerprint density at radius 2 is 2.16 bits per heavy atom. The van der Waals surface area contributed by atoms with Crippen LogP contribution in [0.5, 0.6) is 0 Å². The van der Waals surface area contributed by atoms with Crippen LogP contribution in [0.3, 0.4) is 0 Å². The number of anilines is 1. The fraction of sp³-hybridized carbons (Fsp3) is 0.462. The van der Waals surface area contributed by atoms with Gasteiger partial charge in [0.05, 0.1) is 16.7 Å². The van der Waals surface area contributed by atoms with E-state index in [2.05, 4.69) is 10.5 Å². The van der Waals surface area contributed by atoms with Crippen LogP contribution in [0, 0.1) is 22.0 Å². The van der Waals surface area contributed by atoms with Crippen LogP contribution < -0.4 is 5.32 Å². The van der Waals surface area contributed by atoms with E-state index in [1.165, 1.54) is 6.07 Å². The van der Waals surface area contributed by atoms with E-state index in [1.807, 2.05) is 0 Å².